The highest BCUT2D eigenvalue weighted by Gasteiger charge is 2.02. The van der Waals surface area contributed by atoms with Crippen LogP contribution in [0, 0.1) is 6.92 Å². The largest absolute Gasteiger partial charge is 0.380 e. The number of hydrogen-bond acceptors (Lipinski definition) is 1. The van der Waals surface area contributed by atoms with Crippen LogP contribution in [0.5, 0.6) is 0 Å². The van der Waals surface area contributed by atoms with Crippen LogP contribution in [0.4, 0.5) is 5.69 Å². The molecule has 0 saturated heterocycles. The fourth-order valence-electron chi connectivity index (χ4n) is 1.65. The van der Waals surface area contributed by atoms with E-state index < -0.39 is 0 Å². The number of aryl methyl sites for hydroxylation is 1. The minimum atomic E-state index is 0.729. The fourth-order valence-corrected chi connectivity index (χ4v) is 2.45. The highest BCUT2D eigenvalue weighted by molar-refractivity contribution is 9.10. The van der Waals surface area contributed by atoms with Gasteiger partial charge in [0.05, 0.1) is 5.69 Å². The molecule has 0 radical (unpaired) electrons. The normalized spacial score (nSPS) is 10.4. The van der Waals surface area contributed by atoms with Crippen LogP contribution in [-0.4, -0.2) is 0 Å². The summed E-state index contributed by atoms with van der Waals surface area (Å²) in [6.07, 6.45) is 0. The molecule has 0 saturated carbocycles. The highest BCUT2D eigenvalue weighted by atomic mass is 79.9. The number of halogens is 3. The van der Waals surface area contributed by atoms with E-state index in [9.17, 15) is 0 Å². The Morgan fingerprint density at radius 1 is 1.06 bits per heavy atom. The summed E-state index contributed by atoms with van der Waals surface area (Å²) in [6, 6.07) is 12.0. The summed E-state index contributed by atoms with van der Waals surface area (Å²) in [5.74, 6) is 0. The molecule has 1 N–H and O–H groups in total. The van der Waals surface area contributed by atoms with Gasteiger partial charge in [0.2, 0.25) is 0 Å². The molecule has 94 valence electrons. The van der Waals surface area contributed by atoms with E-state index in [1.54, 1.807) is 0 Å². The Morgan fingerprint density at radius 2 is 1.78 bits per heavy atom. The predicted octanol–water partition coefficient (Wildman–Crippen LogP) is 5.79. The van der Waals surface area contributed by atoms with Crippen molar-refractivity contribution in [3.05, 3.63) is 61.5 Å². The van der Waals surface area contributed by atoms with E-state index in [1.165, 1.54) is 11.1 Å². The second kappa shape index (κ2) is 6.09. The average Bonchev–Trinajstić information content (AvgIpc) is 2.34. The molecule has 0 aliphatic rings. The summed E-state index contributed by atoms with van der Waals surface area (Å²) in [6.45, 7) is 2.86. The van der Waals surface area contributed by atoms with Gasteiger partial charge in [-0.25, -0.2) is 0 Å². The Labute approximate surface area is 129 Å². The molecule has 4 heteroatoms. The van der Waals surface area contributed by atoms with Crippen molar-refractivity contribution in [2.45, 2.75) is 13.5 Å². The second-order valence-corrected chi connectivity index (χ2v) is 6.21. The van der Waals surface area contributed by atoms with Gasteiger partial charge in [0, 0.05) is 20.5 Å². The molecule has 18 heavy (non-hydrogen) atoms. The number of hydrogen-bond donors (Lipinski definition) is 1. The third kappa shape index (κ3) is 3.50. The lowest BCUT2D eigenvalue weighted by atomic mass is 10.1. The summed E-state index contributed by atoms with van der Waals surface area (Å²) >= 11 is 13.0. The molecule has 2 aromatic rings. The van der Waals surface area contributed by atoms with Crippen LogP contribution < -0.4 is 5.32 Å². The first-order valence-corrected chi connectivity index (χ1v) is 7.46. The minimum Gasteiger partial charge on any atom is -0.380 e. The van der Waals surface area contributed by atoms with Crippen molar-refractivity contribution in [1.29, 1.82) is 0 Å². The Balaban J connectivity index is 2.11. The van der Waals surface area contributed by atoms with Crippen molar-refractivity contribution in [3.63, 3.8) is 0 Å². The molecule has 1 nitrogen and oxygen atoms in total. The van der Waals surface area contributed by atoms with Gasteiger partial charge in [-0.05, 0) is 58.2 Å². The topological polar surface area (TPSA) is 12.0 Å². The second-order valence-electron chi connectivity index (χ2n) is 4.06. The summed E-state index contributed by atoms with van der Waals surface area (Å²) in [5.41, 5.74) is 3.48. The first kappa shape index (κ1) is 13.9. The van der Waals surface area contributed by atoms with Crippen molar-refractivity contribution >= 4 is 49.1 Å². The maximum atomic E-state index is 5.98. The summed E-state index contributed by atoms with van der Waals surface area (Å²) in [4.78, 5) is 0. The van der Waals surface area contributed by atoms with Gasteiger partial charge in [0.15, 0.2) is 0 Å². The van der Waals surface area contributed by atoms with Crippen molar-refractivity contribution in [3.8, 4) is 0 Å². The maximum absolute atomic E-state index is 5.98. The Morgan fingerprint density at radius 3 is 2.50 bits per heavy atom. The first-order valence-electron chi connectivity index (χ1n) is 5.50. The van der Waals surface area contributed by atoms with Gasteiger partial charge in [0.25, 0.3) is 0 Å². The zero-order valence-corrected chi connectivity index (χ0v) is 13.7. The van der Waals surface area contributed by atoms with Crippen molar-refractivity contribution in [2.75, 3.05) is 5.32 Å². The number of rotatable bonds is 3. The van der Waals surface area contributed by atoms with E-state index in [0.29, 0.717) is 0 Å². The molecule has 0 unspecified atom stereocenters. The van der Waals surface area contributed by atoms with Crippen molar-refractivity contribution in [2.24, 2.45) is 0 Å². The SMILES string of the molecule is Cc1cc(CNc2cc(Cl)ccc2Br)ccc1Br. The molecule has 0 fully saturated rings. The minimum absolute atomic E-state index is 0.729. The van der Waals surface area contributed by atoms with Gasteiger partial charge in [-0.15, -0.1) is 0 Å². The van der Waals surface area contributed by atoms with E-state index >= 15 is 0 Å². The molecule has 0 aromatic heterocycles. The molecule has 0 spiro atoms. The molecule has 0 amide bonds. The van der Waals surface area contributed by atoms with Gasteiger partial charge in [-0.1, -0.05) is 39.7 Å². The van der Waals surface area contributed by atoms with Crippen molar-refractivity contribution < 1.29 is 0 Å². The quantitative estimate of drug-likeness (QED) is 0.701. The lowest BCUT2D eigenvalue weighted by molar-refractivity contribution is 1.13. The van der Waals surface area contributed by atoms with Crippen molar-refractivity contribution in [1.82, 2.24) is 0 Å². The van der Waals surface area contributed by atoms with Gasteiger partial charge in [-0.3, -0.25) is 0 Å². The summed E-state index contributed by atoms with van der Waals surface area (Å²) in [7, 11) is 0. The Bertz CT molecular complexity index is 570. The average molecular weight is 390 g/mol. The van der Waals surface area contributed by atoms with Gasteiger partial charge in [0.1, 0.15) is 0 Å². The van der Waals surface area contributed by atoms with Crippen LogP contribution in [0.15, 0.2) is 45.3 Å². The molecule has 2 aromatic carbocycles. The molecule has 0 atom stereocenters. The number of anilines is 1. The van der Waals surface area contributed by atoms with Gasteiger partial charge in [-0.2, -0.15) is 0 Å². The smallest absolute Gasteiger partial charge is 0.0502 e. The van der Waals surface area contributed by atoms with Crippen LogP contribution in [0.25, 0.3) is 0 Å². The molecule has 0 bridgehead atoms. The number of nitrogens with one attached hydrogen (secondary N) is 1. The molecule has 0 aliphatic carbocycles. The lowest BCUT2D eigenvalue weighted by Gasteiger charge is -2.10. The monoisotopic (exact) mass is 387 g/mol. The standard InChI is InChI=1S/C14H12Br2ClN/c1-9-6-10(2-4-12(9)15)8-18-14-7-11(17)3-5-13(14)16/h2-7,18H,8H2,1H3. The maximum Gasteiger partial charge on any atom is 0.0502 e. The van der Waals surface area contributed by atoms with Crippen LogP contribution in [0.3, 0.4) is 0 Å². The Hall–Kier alpha value is -0.510. The van der Waals surface area contributed by atoms with E-state index in [1.807, 2.05) is 18.2 Å². The third-order valence-electron chi connectivity index (χ3n) is 2.63. The van der Waals surface area contributed by atoms with Gasteiger partial charge < -0.3 is 5.32 Å². The van der Waals surface area contributed by atoms with Crippen LogP contribution in [-0.2, 0) is 6.54 Å². The molecular formula is C14H12Br2ClN. The van der Waals surface area contributed by atoms with Crippen LogP contribution in [0.2, 0.25) is 5.02 Å². The summed E-state index contributed by atoms with van der Waals surface area (Å²) < 4.78 is 2.15. The highest BCUT2D eigenvalue weighted by Crippen LogP contribution is 2.26. The van der Waals surface area contributed by atoms with E-state index in [-0.39, 0.29) is 0 Å². The molecule has 0 aliphatic heterocycles. The molecular weight excluding hydrogens is 377 g/mol. The molecule has 0 heterocycles. The molecule has 2 rings (SSSR count). The van der Waals surface area contributed by atoms with E-state index in [2.05, 4.69) is 62.3 Å². The Kier molecular flexibility index (Phi) is 4.71. The predicted molar refractivity (Wildman–Crippen MR) is 85.4 cm³/mol. The first-order chi connectivity index (χ1) is 8.56. The van der Waals surface area contributed by atoms with Gasteiger partial charge >= 0.3 is 0 Å². The third-order valence-corrected chi connectivity index (χ3v) is 4.45. The number of benzene rings is 2. The van der Waals surface area contributed by atoms with Crippen LogP contribution >= 0.6 is 43.5 Å². The zero-order chi connectivity index (χ0) is 13.1. The fraction of sp³-hybridized carbons (Fsp3) is 0.143. The van der Waals surface area contributed by atoms with E-state index in [4.69, 9.17) is 11.6 Å². The lowest BCUT2D eigenvalue weighted by Crippen LogP contribution is -2.00. The van der Waals surface area contributed by atoms with E-state index in [0.717, 1.165) is 26.2 Å². The zero-order valence-electron chi connectivity index (χ0n) is 9.81. The van der Waals surface area contributed by atoms with Crippen LogP contribution in [0.1, 0.15) is 11.1 Å². The summed E-state index contributed by atoms with van der Waals surface area (Å²) in [5, 5.41) is 4.10.